The SMILES string of the molecule is CC1COC(CO)CN1c1ccc(I)cc1[N+](=O)[O-]. The van der Waals surface area contributed by atoms with E-state index in [9.17, 15) is 15.2 Å². The van der Waals surface area contributed by atoms with E-state index >= 15 is 0 Å². The van der Waals surface area contributed by atoms with Gasteiger partial charge >= 0.3 is 0 Å². The lowest BCUT2D eigenvalue weighted by atomic mass is 10.1. The molecule has 6 nitrogen and oxygen atoms in total. The molecule has 0 radical (unpaired) electrons. The van der Waals surface area contributed by atoms with E-state index in [1.807, 2.05) is 17.9 Å². The number of morpholine rings is 1. The van der Waals surface area contributed by atoms with Crippen molar-refractivity contribution in [1.82, 2.24) is 0 Å². The zero-order chi connectivity index (χ0) is 14.0. The van der Waals surface area contributed by atoms with Crippen LogP contribution in [0.25, 0.3) is 0 Å². The van der Waals surface area contributed by atoms with Crippen LogP contribution in [-0.2, 0) is 4.74 Å². The minimum absolute atomic E-state index is 0.0431. The van der Waals surface area contributed by atoms with Crippen molar-refractivity contribution in [2.45, 2.75) is 19.1 Å². The monoisotopic (exact) mass is 378 g/mol. The highest BCUT2D eigenvalue weighted by molar-refractivity contribution is 14.1. The van der Waals surface area contributed by atoms with E-state index in [1.54, 1.807) is 12.1 Å². The zero-order valence-corrected chi connectivity index (χ0v) is 12.6. The van der Waals surface area contributed by atoms with Crippen LogP contribution in [0, 0.1) is 13.7 Å². The number of nitro groups is 1. The molecular formula is C12H15IN2O4. The molecule has 1 aromatic carbocycles. The van der Waals surface area contributed by atoms with Crippen LogP contribution in [-0.4, -0.2) is 41.9 Å². The number of ether oxygens (including phenoxy) is 1. The normalized spacial score (nSPS) is 23.4. The molecule has 0 amide bonds. The van der Waals surface area contributed by atoms with E-state index in [2.05, 4.69) is 22.6 Å². The van der Waals surface area contributed by atoms with Gasteiger partial charge in [0.25, 0.3) is 5.69 Å². The van der Waals surface area contributed by atoms with Gasteiger partial charge in [0.15, 0.2) is 0 Å². The van der Waals surface area contributed by atoms with E-state index in [-0.39, 0.29) is 29.4 Å². The van der Waals surface area contributed by atoms with Crippen molar-refractivity contribution in [3.63, 3.8) is 0 Å². The summed E-state index contributed by atoms with van der Waals surface area (Å²) in [4.78, 5) is 12.7. The van der Waals surface area contributed by atoms with E-state index < -0.39 is 0 Å². The van der Waals surface area contributed by atoms with Gasteiger partial charge in [0.2, 0.25) is 0 Å². The van der Waals surface area contributed by atoms with Crippen molar-refractivity contribution >= 4 is 34.0 Å². The first-order valence-electron chi connectivity index (χ1n) is 5.96. The molecule has 0 saturated carbocycles. The third-order valence-electron chi connectivity index (χ3n) is 3.15. The molecule has 1 aliphatic heterocycles. The summed E-state index contributed by atoms with van der Waals surface area (Å²) in [6.45, 7) is 2.78. The first kappa shape index (κ1) is 14.5. The molecule has 0 aliphatic carbocycles. The second-order valence-electron chi connectivity index (χ2n) is 4.53. The number of hydrogen-bond acceptors (Lipinski definition) is 5. The summed E-state index contributed by atoms with van der Waals surface area (Å²) in [5.74, 6) is 0. The lowest BCUT2D eigenvalue weighted by Gasteiger charge is -2.38. The molecule has 0 bridgehead atoms. The fourth-order valence-electron chi connectivity index (χ4n) is 2.15. The predicted octanol–water partition coefficient (Wildman–Crippen LogP) is 1.79. The lowest BCUT2D eigenvalue weighted by Crippen LogP contribution is -2.49. The average Bonchev–Trinajstić information content (AvgIpc) is 2.39. The van der Waals surface area contributed by atoms with Gasteiger partial charge in [0.1, 0.15) is 5.69 Å². The van der Waals surface area contributed by atoms with Gasteiger partial charge in [-0.15, -0.1) is 0 Å². The molecule has 1 saturated heterocycles. The van der Waals surface area contributed by atoms with Crippen LogP contribution in [0.1, 0.15) is 6.92 Å². The number of rotatable bonds is 3. The van der Waals surface area contributed by atoms with Crippen LogP contribution in [0.15, 0.2) is 18.2 Å². The molecule has 7 heteroatoms. The highest BCUT2D eigenvalue weighted by atomic mass is 127. The molecule has 104 valence electrons. The molecule has 1 N–H and O–H groups in total. The Morgan fingerprint density at radius 3 is 3.00 bits per heavy atom. The second kappa shape index (κ2) is 6.02. The third-order valence-corrected chi connectivity index (χ3v) is 3.82. The van der Waals surface area contributed by atoms with Gasteiger partial charge in [-0.05, 0) is 41.6 Å². The lowest BCUT2D eigenvalue weighted by molar-refractivity contribution is -0.384. The number of hydrogen-bond donors (Lipinski definition) is 1. The molecule has 1 heterocycles. The number of nitro benzene ring substituents is 1. The standard InChI is InChI=1S/C12H15IN2O4/c1-8-7-19-10(6-16)5-14(8)11-3-2-9(13)4-12(11)15(17)18/h2-4,8,10,16H,5-7H2,1H3. The largest absolute Gasteiger partial charge is 0.394 e. The maximum atomic E-state index is 11.2. The first-order valence-corrected chi connectivity index (χ1v) is 7.04. The number of aliphatic hydroxyl groups excluding tert-OH is 1. The number of anilines is 1. The van der Waals surface area contributed by atoms with Crippen LogP contribution in [0.4, 0.5) is 11.4 Å². The summed E-state index contributed by atoms with van der Waals surface area (Å²) in [6.07, 6.45) is -0.296. The average molecular weight is 378 g/mol. The number of aliphatic hydroxyl groups is 1. The number of halogens is 1. The Hall–Kier alpha value is -0.930. The van der Waals surface area contributed by atoms with Gasteiger partial charge in [0.05, 0.1) is 24.2 Å². The second-order valence-corrected chi connectivity index (χ2v) is 5.78. The summed E-state index contributed by atoms with van der Waals surface area (Å²) in [7, 11) is 0. The van der Waals surface area contributed by atoms with E-state index in [0.29, 0.717) is 18.8 Å². The summed E-state index contributed by atoms with van der Waals surface area (Å²) in [5, 5.41) is 20.3. The molecule has 1 aliphatic rings. The zero-order valence-electron chi connectivity index (χ0n) is 10.5. The fraction of sp³-hybridized carbons (Fsp3) is 0.500. The topological polar surface area (TPSA) is 75.8 Å². The van der Waals surface area contributed by atoms with Gasteiger partial charge in [-0.2, -0.15) is 0 Å². The van der Waals surface area contributed by atoms with Gasteiger partial charge in [-0.25, -0.2) is 0 Å². The van der Waals surface area contributed by atoms with Crippen LogP contribution >= 0.6 is 22.6 Å². The van der Waals surface area contributed by atoms with Gasteiger partial charge in [-0.1, -0.05) is 0 Å². The predicted molar refractivity (Wildman–Crippen MR) is 79.4 cm³/mol. The number of nitrogens with zero attached hydrogens (tertiary/aromatic N) is 2. The van der Waals surface area contributed by atoms with E-state index in [0.717, 1.165) is 3.57 Å². The van der Waals surface area contributed by atoms with Crippen LogP contribution in [0.2, 0.25) is 0 Å². The highest BCUT2D eigenvalue weighted by Gasteiger charge is 2.30. The Morgan fingerprint density at radius 2 is 2.37 bits per heavy atom. The molecule has 0 spiro atoms. The van der Waals surface area contributed by atoms with Gasteiger partial charge < -0.3 is 14.7 Å². The van der Waals surface area contributed by atoms with Crippen molar-refractivity contribution in [2.24, 2.45) is 0 Å². The van der Waals surface area contributed by atoms with Crippen molar-refractivity contribution < 1.29 is 14.8 Å². The summed E-state index contributed by atoms with van der Waals surface area (Å²) >= 11 is 2.06. The van der Waals surface area contributed by atoms with Crippen molar-refractivity contribution in [3.05, 3.63) is 31.9 Å². The first-order chi connectivity index (χ1) is 9.02. The van der Waals surface area contributed by atoms with E-state index in [4.69, 9.17) is 4.74 Å². The summed E-state index contributed by atoms with van der Waals surface area (Å²) < 4.78 is 6.28. The van der Waals surface area contributed by atoms with Gasteiger partial charge in [-0.3, -0.25) is 10.1 Å². The van der Waals surface area contributed by atoms with Crippen molar-refractivity contribution in [1.29, 1.82) is 0 Å². The Bertz CT molecular complexity index is 483. The molecule has 2 atom stereocenters. The van der Waals surface area contributed by atoms with Crippen LogP contribution in [0.3, 0.4) is 0 Å². The number of benzene rings is 1. The molecule has 2 rings (SSSR count). The third kappa shape index (κ3) is 3.15. The quantitative estimate of drug-likeness (QED) is 0.493. The maximum Gasteiger partial charge on any atom is 0.293 e. The van der Waals surface area contributed by atoms with Crippen molar-refractivity contribution in [2.75, 3.05) is 24.7 Å². The molecular weight excluding hydrogens is 363 g/mol. The Balaban J connectivity index is 2.36. The smallest absolute Gasteiger partial charge is 0.293 e. The molecule has 1 aromatic rings. The minimum Gasteiger partial charge on any atom is -0.394 e. The molecule has 2 unspecified atom stereocenters. The van der Waals surface area contributed by atoms with Crippen LogP contribution in [0.5, 0.6) is 0 Å². The summed E-state index contributed by atoms with van der Waals surface area (Å²) in [5.41, 5.74) is 0.678. The Kier molecular flexibility index (Phi) is 4.58. The Morgan fingerprint density at radius 1 is 1.63 bits per heavy atom. The fourth-order valence-corrected chi connectivity index (χ4v) is 2.62. The van der Waals surface area contributed by atoms with Crippen molar-refractivity contribution in [3.8, 4) is 0 Å². The molecule has 0 aromatic heterocycles. The van der Waals surface area contributed by atoms with Gasteiger partial charge in [0, 0.05) is 22.2 Å². The molecule has 19 heavy (non-hydrogen) atoms. The summed E-state index contributed by atoms with van der Waals surface area (Å²) in [6, 6.07) is 5.21. The maximum absolute atomic E-state index is 11.2. The van der Waals surface area contributed by atoms with E-state index in [1.165, 1.54) is 0 Å². The van der Waals surface area contributed by atoms with Crippen LogP contribution < -0.4 is 4.90 Å². The highest BCUT2D eigenvalue weighted by Crippen LogP contribution is 2.32. The molecule has 1 fully saturated rings. The minimum atomic E-state index is -0.367. The Labute approximate surface area is 124 Å².